The maximum atomic E-state index is 13.3. The van der Waals surface area contributed by atoms with Gasteiger partial charge in [0.05, 0.1) is 5.75 Å². The van der Waals surface area contributed by atoms with Gasteiger partial charge >= 0.3 is 0 Å². The highest BCUT2D eigenvalue weighted by Gasteiger charge is 2.47. The normalized spacial score (nSPS) is 27.9. The maximum Gasteiger partial charge on any atom is 0.273 e. The molecule has 2 unspecified atom stereocenters. The molecule has 3 aliphatic heterocycles. The molecule has 4 aliphatic rings. The first-order chi connectivity index (χ1) is 17.3. The quantitative estimate of drug-likeness (QED) is 0.551. The van der Waals surface area contributed by atoms with Gasteiger partial charge < -0.3 is 19.8 Å². The van der Waals surface area contributed by atoms with Crippen molar-refractivity contribution in [1.29, 1.82) is 0 Å². The number of benzene rings is 1. The monoisotopic (exact) mass is 514 g/mol. The molecule has 4 atom stereocenters. The zero-order valence-corrected chi connectivity index (χ0v) is 20.7. The van der Waals surface area contributed by atoms with Crippen LogP contribution in [-0.4, -0.2) is 70.1 Å². The van der Waals surface area contributed by atoms with Crippen LogP contribution >= 0.6 is 0 Å². The number of nitrogens with one attached hydrogen (secondary N) is 1. The Bertz CT molecular complexity index is 1270. The van der Waals surface area contributed by atoms with Crippen LogP contribution in [0.4, 0.5) is 0 Å². The van der Waals surface area contributed by atoms with Crippen molar-refractivity contribution in [1.82, 2.24) is 19.7 Å². The molecule has 3 fully saturated rings. The second kappa shape index (κ2) is 8.97. The van der Waals surface area contributed by atoms with E-state index in [0.29, 0.717) is 29.9 Å². The first-order valence-electron chi connectivity index (χ1n) is 12.7. The third-order valence-corrected chi connectivity index (χ3v) is 9.93. The molecule has 10 nitrogen and oxygen atoms in total. The zero-order valence-electron chi connectivity index (χ0n) is 19.9. The molecular formula is C25H30N4O6S. The van der Waals surface area contributed by atoms with E-state index in [4.69, 9.17) is 4.52 Å². The maximum absolute atomic E-state index is 13.3. The summed E-state index contributed by atoms with van der Waals surface area (Å²) in [6.07, 6.45) is 3.99. The molecule has 1 aromatic carbocycles. The number of carbonyl (C=O) groups is 2. The van der Waals surface area contributed by atoms with Gasteiger partial charge in [0.1, 0.15) is 5.76 Å². The summed E-state index contributed by atoms with van der Waals surface area (Å²) in [5.74, 6) is 0.496. The predicted molar refractivity (Wildman–Crippen MR) is 128 cm³/mol. The molecule has 192 valence electrons. The van der Waals surface area contributed by atoms with E-state index in [1.165, 1.54) is 4.90 Å². The molecule has 2 aromatic rings. The third kappa shape index (κ3) is 4.22. The number of nitrogens with zero attached hydrogens (tertiary/aromatic N) is 3. The van der Waals surface area contributed by atoms with Gasteiger partial charge in [0.25, 0.3) is 11.8 Å². The van der Waals surface area contributed by atoms with E-state index in [2.05, 4.69) is 10.5 Å². The van der Waals surface area contributed by atoms with Gasteiger partial charge in [-0.2, -0.15) is 4.31 Å². The molecule has 0 spiro atoms. The Balaban J connectivity index is 1.04. The van der Waals surface area contributed by atoms with Gasteiger partial charge in [-0.1, -0.05) is 23.4 Å². The smallest absolute Gasteiger partial charge is 0.273 e. The van der Waals surface area contributed by atoms with Crippen molar-refractivity contribution in [2.45, 2.75) is 75.2 Å². The van der Waals surface area contributed by atoms with Gasteiger partial charge in [0.15, 0.2) is 11.9 Å². The van der Waals surface area contributed by atoms with Crippen molar-refractivity contribution in [2.75, 3.05) is 12.3 Å². The number of rotatable bonds is 8. The summed E-state index contributed by atoms with van der Waals surface area (Å²) in [5, 5.41) is 17.4. The highest BCUT2D eigenvalue weighted by Crippen LogP contribution is 2.41. The average molecular weight is 515 g/mol. The molecule has 1 aromatic heterocycles. The van der Waals surface area contributed by atoms with E-state index in [0.717, 1.165) is 31.4 Å². The first kappa shape index (κ1) is 23.6. The number of aromatic nitrogens is 1. The van der Waals surface area contributed by atoms with Gasteiger partial charge in [0.2, 0.25) is 10.0 Å². The Hall–Kier alpha value is -2.76. The van der Waals surface area contributed by atoms with Crippen molar-refractivity contribution in [3.05, 3.63) is 52.9 Å². The van der Waals surface area contributed by atoms with Crippen LogP contribution in [-0.2, 0) is 10.0 Å². The van der Waals surface area contributed by atoms with E-state index in [1.807, 2.05) is 0 Å². The number of aliphatic hydroxyl groups is 1. The Labute approximate surface area is 209 Å². The van der Waals surface area contributed by atoms with Crippen molar-refractivity contribution < 1.29 is 27.6 Å². The molecule has 36 heavy (non-hydrogen) atoms. The van der Waals surface area contributed by atoms with Crippen molar-refractivity contribution in [3.8, 4) is 0 Å². The number of aliphatic hydroxyl groups excluding tert-OH is 1. The highest BCUT2D eigenvalue weighted by molar-refractivity contribution is 7.89. The van der Waals surface area contributed by atoms with Gasteiger partial charge in [-0.25, -0.2) is 8.42 Å². The number of sulfonamides is 1. The molecule has 1 saturated carbocycles. The molecule has 1 aliphatic carbocycles. The van der Waals surface area contributed by atoms with E-state index in [1.54, 1.807) is 34.6 Å². The first-order valence-corrected chi connectivity index (χ1v) is 14.3. The summed E-state index contributed by atoms with van der Waals surface area (Å²) in [4.78, 5) is 26.6. The lowest BCUT2D eigenvalue weighted by atomic mass is 9.99. The number of hydrogen-bond donors (Lipinski definition) is 2. The summed E-state index contributed by atoms with van der Waals surface area (Å²) in [6, 6.07) is 8.19. The van der Waals surface area contributed by atoms with Crippen LogP contribution in [0.5, 0.6) is 0 Å². The third-order valence-electron chi connectivity index (χ3n) is 7.89. The number of carbonyl (C=O) groups excluding carboxylic acids is 2. The number of amides is 2. The van der Waals surface area contributed by atoms with Crippen LogP contribution in [0, 0.1) is 0 Å². The molecule has 2 saturated heterocycles. The molecule has 4 heterocycles. The lowest BCUT2D eigenvalue weighted by molar-refractivity contribution is 0.0177. The fourth-order valence-electron chi connectivity index (χ4n) is 6.02. The van der Waals surface area contributed by atoms with Crippen LogP contribution < -0.4 is 5.32 Å². The number of fused-ring (bicyclic) bond motifs is 3. The summed E-state index contributed by atoms with van der Waals surface area (Å²) < 4.78 is 33.5. The summed E-state index contributed by atoms with van der Waals surface area (Å²) >= 11 is 0. The van der Waals surface area contributed by atoms with Gasteiger partial charge in [-0.05, 0) is 51.0 Å². The Morgan fingerprint density at radius 1 is 1.14 bits per heavy atom. The van der Waals surface area contributed by atoms with E-state index < -0.39 is 16.3 Å². The minimum absolute atomic E-state index is 0.0905. The summed E-state index contributed by atoms with van der Waals surface area (Å²) in [7, 11) is -3.54. The van der Waals surface area contributed by atoms with Crippen LogP contribution in [0.25, 0.3) is 0 Å². The molecular weight excluding hydrogens is 484 g/mol. The largest absolute Gasteiger partial charge is 0.369 e. The molecule has 11 heteroatoms. The number of piperidine rings is 1. The van der Waals surface area contributed by atoms with Gasteiger partial charge in [0, 0.05) is 47.8 Å². The minimum atomic E-state index is -3.54. The van der Waals surface area contributed by atoms with Crippen molar-refractivity contribution in [3.63, 3.8) is 0 Å². The predicted octanol–water partition coefficient (Wildman–Crippen LogP) is 2.14. The fourth-order valence-corrected chi connectivity index (χ4v) is 8.02. The van der Waals surface area contributed by atoms with Crippen molar-refractivity contribution in [2.24, 2.45) is 0 Å². The SMILES string of the molecule is O=C(NC1C[C@H]2CC[C@@H](C1)N2S(=O)(=O)CCCN1C(=O)c2ccccc2C1O)c1cc(C2CC2)on1. The van der Waals surface area contributed by atoms with E-state index in [9.17, 15) is 23.1 Å². The van der Waals surface area contributed by atoms with Gasteiger partial charge in [-0.3, -0.25) is 9.59 Å². The minimum Gasteiger partial charge on any atom is -0.369 e. The summed E-state index contributed by atoms with van der Waals surface area (Å²) in [6.45, 7) is 0.163. The molecule has 2 N–H and O–H groups in total. The van der Waals surface area contributed by atoms with Crippen LogP contribution in [0.2, 0.25) is 0 Å². The van der Waals surface area contributed by atoms with Gasteiger partial charge in [-0.15, -0.1) is 0 Å². The van der Waals surface area contributed by atoms with Crippen LogP contribution in [0.3, 0.4) is 0 Å². The Morgan fingerprint density at radius 2 is 1.86 bits per heavy atom. The zero-order chi connectivity index (χ0) is 25.0. The Morgan fingerprint density at radius 3 is 2.56 bits per heavy atom. The second-order valence-corrected chi connectivity index (χ2v) is 12.4. The molecule has 6 rings (SSSR count). The Kier molecular flexibility index (Phi) is 5.88. The molecule has 0 radical (unpaired) electrons. The lowest BCUT2D eigenvalue weighted by Crippen LogP contribution is -2.53. The van der Waals surface area contributed by atoms with Crippen LogP contribution in [0.15, 0.2) is 34.9 Å². The van der Waals surface area contributed by atoms with Crippen molar-refractivity contribution >= 4 is 21.8 Å². The summed E-state index contributed by atoms with van der Waals surface area (Å²) in [5.41, 5.74) is 1.30. The van der Waals surface area contributed by atoms with E-state index in [-0.39, 0.29) is 54.4 Å². The fraction of sp³-hybridized carbons (Fsp3) is 0.560. The second-order valence-electron chi connectivity index (χ2n) is 10.4. The van der Waals surface area contributed by atoms with E-state index >= 15 is 0 Å². The highest BCUT2D eigenvalue weighted by atomic mass is 32.2. The average Bonchev–Trinajstić information content (AvgIpc) is 3.44. The topological polar surface area (TPSA) is 133 Å². The molecule has 2 amide bonds. The number of hydrogen-bond acceptors (Lipinski definition) is 7. The molecule has 2 bridgehead atoms. The van der Waals surface area contributed by atoms with Crippen LogP contribution in [0.1, 0.15) is 89.3 Å². The lowest BCUT2D eigenvalue weighted by Gasteiger charge is -2.38. The standard InChI is InChI=1S/C25H30N4O6S/c30-23(21-14-22(35-27-21)15-6-7-15)26-16-12-17-8-9-18(13-16)29(17)36(33,34)11-3-10-28-24(31)19-4-1-2-5-20(19)25(28)32/h1-2,4-5,14-18,24,31H,3,6-13H2,(H,26,30)/t16?,17-,18+,24?.